The lowest BCUT2D eigenvalue weighted by Crippen LogP contribution is -2.41. The van der Waals surface area contributed by atoms with Crippen LogP contribution < -0.4 is 5.46 Å². The van der Waals surface area contributed by atoms with Gasteiger partial charge in [-0.3, -0.25) is 0 Å². The highest BCUT2D eigenvalue weighted by Crippen LogP contribution is 2.36. The molecule has 0 N–H and O–H groups in total. The normalized spacial score (nSPS) is 21.8. The Kier molecular flexibility index (Phi) is 4.91. The van der Waals surface area contributed by atoms with Gasteiger partial charge in [-0.15, -0.1) is 0 Å². The van der Waals surface area contributed by atoms with Crippen LogP contribution >= 0.6 is 0 Å². The molecule has 1 atom stereocenters. The molecule has 0 amide bonds. The maximum atomic E-state index is 11.9. The van der Waals surface area contributed by atoms with Crippen LogP contribution in [0.2, 0.25) is 0 Å². The van der Waals surface area contributed by atoms with Gasteiger partial charge in [-0.2, -0.15) is 4.40 Å². The number of nitrogens with zero attached hydrogens (tertiary/aromatic N) is 1. The molecular formula is C17H26BNO3S. The highest BCUT2D eigenvalue weighted by Gasteiger charge is 2.51. The van der Waals surface area contributed by atoms with Crippen LogP contribution in [0, 0.1) is 0 Å². The van der Waals surface area contributed by atoms with Gasteiger partial charge in [-0.1, -0.05) is 24.3 Å². The fourth-order valence-electron chi connectivity index (χ4n) is 1.99. The third-order valence-electron chi connectivity index (χ3n) is 4.28. The molecule has 23 heavy (non-hydrogen) atoms. The second-order valence-electron chi connectivity index (χ2n) is 7.85. The zero-order valence-electron chi connectivity index (χ0n) is 15.0. The van der Waals surface area contributed by atoms with Crippen molar-refractivity contribution in [2.24, 2.45) is 4.40 Å². The van der Waals surface area contributed by atoms with E-state index in [-0.39, 0.29) is 23.1 Å². The zero-order chi connectivity index (χ0) is 17.5. The average Bonchev–Trinajstić information content (AvgIpc) is 2.64. The van der Waals surface area contributed by atoms with Gasteiger partial charge >= 0.3 is 7.12 Å². The Labute approximate surface area is 142 Å². The van der Waals surface area contributed by atoms with Crippen molar-refractivity contribution in [3.05, 3.63) is 29.8 Å². The molecule has 6 heteroatoms. The summed E-state index contributed by atoms with van der Waals surface area (Å²) in [6, 6.07) is 7.79. The first-order valence-electron chi connectivity index (χ1n) is 7.84. The monoisotopic (exact) mass is 335 g/mol. The summed E-state index contributed by atoms with van der Waals surface area (Å²) < 4.78 is 27.8. The second kappa shape index (κ2) is 6.15. The first-order chi connectivity index (χ1) is 10.4. The molecule has 1 unspecified atom stereocenters. The molecule has 1 aliphatic rings. The van der Waals surface area contributed by atoms with Crippen LogP contribution in [0.4, 0.5) is 0 Å². The third-order valence-corrected chi connectivity index (χ3v) is 5.63. The van der Waals surface area contributed by atoms with Crippen molar-refractivity contribution in [1.29, 1.82) is 0 Å². The average molecular weight is 335 g/mol. The molecule has 1 saturated heterocycles. The van der Waals surface area contributed by atoms with Crippen molar-refractivity contribution in [2.45, 2.75) is 64.4 Å². The van der Waals surface area contributed by atoms with E-state index in [0.717, 1.165) is 11.0 Å². The smallest absolute Gasteiger partial charge is 0.399 e. The lowest BCUT2D eigenvalue weighted by molar-refractivity contribution is 0.00578. The fourth-order valence-corrected chi connectivity index (χ4v) is 2.52. The van der Waals surface area contributed by atoms with Crippen molar-refractivity contribution >= 4 is 29.8 Å². The van der Waals surface area contributed by atoms with E-state index in [4.69, 9.17) is 9.31 Å². The summed E-state index contributed by atoms with van der Waals surface area (Å²) in [4.78, 5) is 0. The Morgan fingerprint density at radius 3 is 1.96 bits per heavy atom. The van der Waals surface area contributed by atoms with Crippen LogP contribution in [0.15, 0.2) is 28.7 Å². The van der Waals surface area contributed by atoms with E-state index in [1.807, 2.05) is 72.7 Å². The van der Waals surface area contributed by atoms with Crippen molar-refractivity contribution in [2.75, 3.05) is 0 Å². The third kappa shape index (κ3) is 4.11. The summed E-state index contributed by atoms with van der Waals surface area (Å²) in [6.45, 7) is 13.9. The molecule has 1 fully saturated rings. The molecular weight excluding hydrogens is 309 g/mol. The summed E-state index contributed by atoms with van der Waals surface area (Å²) in [5.41, 5.74) is 1.18. The Hall–Kier alpha value is -0.975. The molecule has 1 aliphatic heterocycles. The van der Waals surface area contributed by atoms with Crippen LogP contribution in [0.1, 0.15) is 54.0 Å². The molecule has 1 aromatic carbocycles. The minimum atomic E-state index is -1.25. The zero-order valence-corrected chi connectivity index (χ0v) is 15.9. The largest absolute Gasteiger partial charge is 0.494 e. The number of hydrogen-bond donors (Lipinski definition) is 0. The van der Waals surface area contributed by atoms with E-state index in [9.17, 15) is 4.21 Å². The number of benzene rings is 1. The van der Waals surface area contributed by atoms with Gasteiger partial charge in [0.05, 0.1) is 15.9 Å². The van der Waals surface area contributed by atoms with Crippen LogP contribution in [0.25, 0.3) is 0 Å². The van der Waals surface area contributed by atoms with E-state index in [2.05, 4.69) is 4.40 Å². The predicted octanol–water partition coefficient (Wildman–Crippen LogP) is 2.87. The Morgan fingerprint density at radius 1 is 1.04 bits per heavy atom. The van der Waals surface area contributed by atoms with Gasteiger partial charge in [0.2, 0.25) is 0 Å². The van der Waals surface area contributed by atoms with Crippen LogP contribution in [0.5, 0.6) is 0 Å². The minimum Gasteiger partial charge on any atom is -0.399 e. The van der Waals surface area contributed by atoms with E-state index in [1.54, 1.807) is 6.21 Å². The van der Waals surface area contributed by atoms with Gasteiger partial charge in [-0.25, -0.2) is 4.21 Å². The first kappa shape index (κ1) is 18.4. The standard InChI is InChI=1S/C17H26BNO3S/c1-15(2,3)23(20)19-12-13-8-10-14(11-9-13)18-21-16(4,5)17(6,7)22-18/h8-12H,1-7H3. The Bertz CT molecular complexity index is 602. The van der Waals surface area contributed by atoms with Crippen molar-refractivity contribution in [3.63, 3.8) is 0 Å². The highest BCUT2D eigenvalue weighted by molar-refractivity contribution is 7.85. The molecule has 4 nitrogen and oxygen atoms in total. The summed E-state index contributed by atoms with van der Waals surface area (Å²) in [7, 11) is -1.61. The van der Waals surface area contributed by atoms with E-state index in [1.165, 1.54) is 0 Å². The molecule has 1 aromatic rings. The summed E-state index contributed by atoms with van der Waals surface area (Å²) >= 11 is 0. The van der Waals surface area contributed by atoms with Gasteiger partial charge in [0.1, 0.15) is 11.0 Å². The molecule has 0 saturated carbocycles. The van der Waals surface area contributed by atoms with Crippen LogP contribution in [0.3, 0.4) is 0 Å². The molecule has 0 radical (unpaired) electrons. The lowest BCUT2D eigenvalue weighted by atomic mass is 9.79. The van der Waals surface area contributed by atoms with E-state index >= 15 is 0 Å². The number of rotatable bonds is 3. The van der Waals surface area contributed by atoms with Crippen molar-refractivity contribution in [1.82, 2.24) is 0 Å². The van der Waals surface area contributed by atoms with E-state index < -0.39 is 11.0 Å². The van der Waals surface area contributed by atoms with Gasteiger partial charge in [0, 0.05) is 6.21 Å². The van der Waals surface area contributed by atoms with Gasteiger partial charge in [-0.05, 0) is 59.5 Å². The number of hydrogen-bond acceptors (Lipinski definition) is 3. The van der Waals surface area contributed by atoms with Crippen LogP contribution in [-0.4, -0.2) is 33.5 Å². The molecule has 0 aliphatic carbocycles. The van der Waals surface area contributed by atoms with E-state index in [0.29, 0.717) is 0 Å². The molecule has 1 heterocycles. The maximum Gasteiger partial charge on any atom is 0.494 e. The van der Waals surface area contributed by atoms with Gasteiger partial charge in [0.15, 0.2) is 0 Å². The van der Waals surface area contributed by atoms with Gasteiger partial charge in [0.25, 0.3) is 0 Å². The molecule has 0 spiro atoms. The molecule has 2 rings (SSSR count). The quantitative estimate of drug-likeness (QED) is 0.630. The topological polar surface area (TPSA) is 47.9 Å². The maximum absolute atomic E-state index is 11.9. The summed E-state index contributed by atoms with van der Waals surface area (Å²) in [5, 5.41) is 0. The van der Waals surface area contributed by atoms with Crippen LogP contribution in [-0.2, 0) is 20.3 Å². The molecule has 0 aromatic heterocycles. The minimum absolute atomic E-state index is 0.346. The predicted molar refractivity (Wildman–Crippen MR) is 97.6 cm³/mol. The lowest BCUT2D eigenvalue weighted by Gasteiger charge is -2.32. The molecule has 0 bridgehead atoms. The van der Waals surface area contributed by atoms with Crippen molar-refractivity contribution in [3.8, 4) is 0 Å². The highest BCUT2D eigenvalue weighted by atomic mass is 32.2. The SMILES string of the molecule is CC(C)(C)S(=O)N=Cc1ccc(B2OC(C)(C)C(C)(C)O2)cc1. The molecule has 126 valence electrons. The second-order valence-corrected chi connectivity index (χ2v) is 9.78. The Balaban J connectivity index is 2.10. The van der Waals surface area contributed by atoms with Gasteiger partial charge < -0.3 is 9.31 Å². The van der Waals surface area contributed by atoms with Crippen molar-refractivity contribution < 1.29 is 13.5 Å². The first-order valence-corrected chi connectivity index (χ1v) is 8.95. The summed E-state index contributed by atoms with van der Waals surface area (Å²) in [6.07, 6.45) is 1.65. The Morgan fingerprint density at radius 2 is 1.52 bits per heavy atom. The summed E-state index contributed by atoms with van der Waals surface area (Å²) in [5.74, 6) is 0. The fraction of sp³-hybridized carbons (Fsp3) is 0.588.